The Labute approximate surface area is 77.1 Å². The molecule has 2 rings (SSSR count). The number of nitrogens with zero attached hydrogens (tertiary/aromatic N) is 2. The summed E-state index contributed by atoms with van der Waals surface area (Å²) in [7, 11) is 0. The van der Waals surface area contributed by atoms with Gasteiger partial charge in [-0.1, -0.05) is 0 Å². The van der Waals surface area contributed by atoms with Crippen LogP contribution in [0.2, 0.25) is 0 Å². The maximum Gasteiger partial charge on any atom is 0.0712 e. The monoisotopic (exact) mass is 182 g/mol. The Balaban J connectivity index is 1.92. The summed E-state index contributed by atoms with van der Waals surface area (Å²) in [4.78, 5) is 0. The van der Waals surface area contributed by atoms with Crippen LogP contribution in [0.25, 0.3) is 0 Å². The van der Waals surface area contributed by atoms with Gasteiger partial charge >= 0.3 is 0 Å². The van der Waals surface area contributed by atoms with E-state index in [1.165, 1.54) is 0 Å². The second-order valence-corrected chi connectivity index (χ2v) is 3.46. The van der Waals surface area contributed by atoms with Crippen molar-refractivity contribution < 1.29 is 9.84 Å². The molecule has 4 nitrogen and oxygen atoms in total. The van der Waals surface area contributed by atoms with Crippen molar-refractivity contribution in [2.24, 2.45) is 5.92 Å². The minimum absolute atomic E-state index is 0.0706. The molecule has 0 aromatic carbocycles. The van der Waals surface area contributed by atoms with Crippen molar-refractivity contribution in [2.45, 2.75) is 19.6 Å². The van der Waals surface area contributed by atoms with Crippen molar-refractivity contribution in [3.63, 3.8) is 0 Å². The zero-order valence-electron chi connectivity index (χ0n) is 7.52. The number of aliphatic hydroxyl groups is 1. The van der Waals surface area contributed by atoms with Crippen LogP contribution in [0.3, 0.4) is 0 Å². The van der Waals surface area contributed by atoms with Gasteiger partial charge in [0.2, 0.25) is 0 Å². The van der Waals surface area contributed by atoms with Crippen molar-refractivity contribution >= 4 is 0 Å². The first kappa shape index (κ1) is 8.72. The van der Waals surface area contributed by atoms with Crippen molar-refractivity contribution in [1.82, 2.24) is 9.78 Å². The zero-order chi connectivity index (χ0) is 9.10. The van der Waals surface area contributed by atoms with Crippen molar-refractivity contribution in [3.05, 3.63) is 18.0 Å². The summed E-state index contributed by atoms with van der Waals surface area (Å²) in [5.41, 5.74) is 0.874. The van der Waals surface area contributed by atoms with Gasteiger partial charge in [0.05, 0.1) is 19.4 Å². The lowest BCUT2D eigenvalue weighted by molar-refractivity contribution is 0.181. The highest BCUT2D eigenvalue weighted by molar-refractivity contribution is 5.01. The minimum atomic E-state index is 0.0706. The van der Waals surface area contributed by atoms with E-state index in [-0.39, 0.29) is 6.61 Å². The van der Waals surface area contributed by atoms with Crippen LogP contribution < -0.4 is 0 Å². The molecular weight excluding hydrogens is 168 g/mol. The summed E-state index contributed by atoms with van der Waals surface area (Å²) in [5, 5.41) is 13.0. The van der Waals surface area contributed by atoms with E-state index in [9.17, 15) is 0 Å². The standard InChI is InChI=1S/C9H14N2O2/c12-6-9-3-10-11(5-9)4-8-1-2-13-7-8/h3,5,8,12H,1-2,4,6-7H2/t8-/m1/s1. The predicted molar refractivity (Wildman–Crippen MR) is 47.1 cm³/mol. The van der Waals surface area contributed by atoms with E-state index in [4.69, 9.17) is 9.84 Å². The normalized spacial score (nSPS) is 22.4. The first-order chi connectivity index (χ1) is 6.38. The number of hydrogen-bond donors (Lipinski definition) is 1. The molecule has 1 aliphatic rings. The molecular formula is C9H14N2O2. The Morgan fingerprint density at radius 3 is 3.23 bits per heavy atom. The second-order valence-electron chi connectivity index (χ2n) is 3.46. The fourth-order valence-corrected chi connectivity index (χ4v) is 1.58. The number of aromatic nitrogens is 2. The smallest absolute Gasteiger partial charge is 0.0712 e. The highest BCUT2D eigenvalue weighted by Gasteiger charge is 2.16. The number of rotatable bonds is 3. The average molecular weight is 182 g/mol. The molecule has 1 fully saturated rings. The van der Waals surface area contributed by atoms with Crippen LogP contribution in [0.5, 0.6) is 0 Å². The largest absolute Gasteiger partial charge is 0.392 e. The molecule has 0 radical (unpaired) electrons. The van der Waals surface area contributed by atoms with Gasteiger partial charge in [0.15, 0.2) is 0 Å². The van der Waals surface area contributed by atoms with Gasteiger partial charge in [-0.05, 0) is 6.42 Å². The van der Waals surface area contributed by atoms with Gasteiger partial charge in [-0.25, -0.2) is 0 Å². The van der Waals surface area contributed by atoms with Gasteiger partial charge in [0.1, 0.15) is 0 Å². The maximum absolute atomic E-state index is 8.83. The number of aliphatic hydroxyl groups excluding tert-OH is 1. The second kappa shape index (κ2) is 3.89. The van der Waals surface area contributed by atoms with Gasteiger partial charge < -0.3 is 9.84 Å². The summed E-state index contributed by atoms with van der Waals surface area (Å²) in [6, 6.07) is 0. The molecule has 1 aromatic rings. The molecule has 2 heterocycles. The van der Waals surface area contributed by atoms with Crippen LogP contribution in [0.4, 0.5) is 0 Å². The van der Waals surface area contributed by atoms with Crippen LogP contribution in [-0.4, -0.2) is 28.1 Å². The van der Waals surface area contributed by atoms with Crippen LogP contribution in [0.15, 0.2) is 12.4 Å². The average Bonchev–Trinajstić information content (AvgIpc) is 2.76. The molecule has 1 aromatic heterocycles. The molecule has 0 amide bonds. The van der Waals surface area contributed by atoms with E-state index in [0.29, 0.717) is 5.92 Å². The lowest BCUT2D eigenvalue weighted by Gasteiger charge is -2.06. The molecule has 1 aliphatic heterocycles. The highest BCUT2D eigenvalue weighted by atomic mass is 16.5. The fourth-order valence-electron chi connectivity index (χ4n) is 1.58. The molecule has 4 heteroatoms. The summed E-state index contributed by atoms with van der Waals surface area (Å²) in [6.07, 6.45) is 4.71. The summed E-state index contributed by atoms with van der Waals surface area (Å²) in [6.45, 7) is 2.69. The van der Waals surface area contributed by atoms with Crippen LogP contribution in [-0.2, 0) is 17.9 Å². The van der Waals surface area contributed by atoms with Gasteiger partial charge in [-0.3, -0.25) is 4.68 Å². The fraction of sp³-hybridized carbons (Fsp3) is 0.667. The summed E-state index contributed by atoms with van der Waals surface area (Å²) >= 11 is 0. The molecule has 1 N–H and O–H groups in total. The third-order valence-corrected chi connectivity index (χ3v) is 2.34. The van der Waals surface area contributed by atoms with E-state index in [2.05, 4.69) is 5.10 Å². The molecule has 0 aliphatic carbocycles. The maximum atomic E-state index is 8.83. The molecule has 0 unspecified atom stereocenters. The van der Waals surface area contributed by atoms with E-state index < -0.39 is 0 Å². The van der Waals surface area contributed by atoms with E-state index in [0.717, 1.165) is 31.7 Å². The van der Waals surface area contributed by atoms with Crippen molar-refractivity contribution in [1.29, 1.82) is 0 Å². The molecule has 1 saturated heterocycles. The molecule has 1 atom stereocenters. The third-order valence-electron chi connectivity index (χ3n) is 2.34. The topological polar surface area (TPSA) is 47.3 Å². The van der Waals surface area contributed by atoms with Crippen molar-refractivity contribution in [3.8, 4) is 0 Å². The molecule has 0 bridgehead atoms. The quantitative estimate of drug-likeness (QED) is 0.736. The molecule has 0 spiro atoms. The van der Waals surface area contributed by atoms with E-state index in [1.807, 2.05) is 10.9 Å². The summed E-state index contributed by atoms with van der Waals surface area (Å²) < 4.78 is 7.15. The highest BCUT2D eigenvalue weighted by Crippen LogP contribution is 2.14. The van der Waals surface area contributed by atoms with E-state index >= 15 is 0 Å². The molecule has 13 heavy (non-hydrogen) atoms. The van der Waals surface area contributed by atoms with Crippen LogP contribution >= 0.6 is 0 Å². The molecule has 0 saturated carbocycles. The predicted octanol–water partition coefficient (Wildman–Crippen LogP) is 0.412. The Bertz CT molecular complexity index is 266. The van der Waals surface area contributed by atoms with Crippen LogP contribution in [0.1, 0.15) is 12.0 Å². The first-order valence-electron chi connectivity index (χ1n) is 4.58. The zero-order valence-corrected chi connectivity index (χ0v) is 7.52. The number of ether oxygens (including phenoxy) is 1. The van der Waals surface area contributed by atoms with Gasteiger partial charge in [-0.2, -0.15) is 5.10 Å². The lowest BCUT2D eigenvalue weighted by atomic mass is 10.1. The SMILES string of the molecule is OCc1cnn(C[C@H]2CCOC2)c1. The van der Waals surface area contributed by atoms with Crippen LogP contribution in [0, 0.1) is 5.92 Å². The Morgan fingerprint density at radius 2 is 2.62 bits per heavy atom. The van der Waals surface area contributed by atoms with E-state index in [1.54, 1.807) is 6.20 Å². The van der Waals surface area contributed by atoms with Crippen molar-refractivity contribution in [2.75, 3.05) is 13.2 Å². The Kier molecular flexibility index (Phi) is 2.61. The number of hydrogen-bond acceptors (Lipinski definition) is 3. The third kappa shape index (κ3) is 2.08. The molecule has 72 valence electrons. The lowest BCUT2D eigenvalue weighted by Crippen LogP contribution is -2.10. The Hall–Kier alpha value is -0.870. The van der Waals surface area contributed by atoms with Gasteiger partial charge in [-0.15, -0.1) is 0 Å². The Morgan fingerprint density at radius 1 is 1.69 bits per heavy atom. The summed E-state index contributed by atoms with van der Waals surface area (Å²) in [5.74, 6) is 0.589. The van der Waals surface area contributed by atoms with Gasteiger partial charge in [0.25, 0.3) is 0 Å². The first-order valence-corrected chi connectivity index (χ1v) is 4.58. The minimum Gasteiger partial charge on any atom is -0.392 e. The van der Waals surface area contributed by atoms with Gasteiger partial charge in [0, 0.05) is 30.8 Å².